The summed E-state index contributed by atoms with van der Waals surface area (Å²) >= 11 is 0. The number of hydrogen-bond acceptors (Lipinski definition) is 4. The second kappa shape index (κ2) is 6.36. The first kappa shape index (κ1) is 12.8. The molecule has 4 nitrogen and oxygen atoms in total. The van der Waals surface area contributed by atoms with Gasteiger partial charge in [-0.25, -0.2) is 0 Å². The van der Waals surface area contributed by atoms with Gasteiger partial charge < -0.3 is 14.8 Å². The van der Waals surface area contributed by atoms with Crippen LogP contribution in [-0.2, 0) is 9.47 Å². The summed E-state index contributed by atoms with van der Waals surface area (Å²) < 4.78 is 10.9. The fourth-order valence-corrected chi connectivity index (χ4v) is 2.82. The summed E-state index contributed by atoms with van der Waals surface area (Å²) in [4.78, 5) is 4.72. The Balaban J connectivity index is 2.11. The summed E-state index contributed by atoms with van der Waals surface area (Å²) in [6.45, 7) is 7.21. The SMILES string of the molecule is CCCC1(C2=NCCOCCN2)CCOCC1. The maximum atomic E-state index is 5.51. The molecule has 0 bridgehead atoms. The zero-order valence-corrected chi connectivity index (χ0v) is 10.8. The third-order valence-corrected chi connectivity index (χ3v) is 3.73. The minimum absolute atomic E-state index is 0.240. The lowest BCUT2D eigenvalue weighted by molar-refractivity contribution is 0.0395. The van der Waals surface area contributed by atoms with E-state index in [4.69, 9.17) is 14.5 Å². The van der Waals surface area contributed by atoms with Crippen LogP contribution in [0.1, 0.15) is 32.6 Å². The Morgan fingerprint density at radius 3 is 2.71 bits per heavy atom. The van der Waals surface area contributed by atoms with Crippen LogP contribution in [0.3, 0.4) is 0 Å². The molecule has 0 unspecified atom stereocenters. The van der Waals surface area contributed by atoms with Gasteiger partial charge in [0.15, 0.2) is 0 Å². The second-order valence-corrected chi connectivity index (χ2v) is 4.91. The van der Waals surface area contributed by atoms with Crippen molar-refractivity contribution in [2.75, 3.05) is 39.5 Å². The summed E-state index contributed by atoms with van der Waals surface area (Å²) in [7, 11) is 0. The first-order valence-corrected chi connectivity index (χ1v) is 6.82. The second-order valence-electron chi connectivity index (χ2n) is 4.91. The highest BCUT2D eigenvalue weighted by Crippen LogP contribution is 2.36. The monoisotopic (exact) mass is 240 g/mol. The number of aliphatic imine (C=N–C) groups is 1. The van der Waals surface area contributed by atoms with Crippen LogP contribution in [0.25, 0.3) is 0 Å². The highest BCUT2D eigenvalue weighted by Gasteiger charge is 2.37. The topological polar surface area (TPSA) is 42.8 Å². The van der Waals surface area contributed by atoms with Crippen molar-refractivity contribution >= 4 is 5.84 Å². The largest absolute Gasteiger partial charge is 0.381 e. The molecule has 2 aliphatic rings. The molecule has 0 aromatic rings. The van der Waals surface area contributed by atoms with Crippen molar-refractivity contribution in [2.45, 2.75) is 32.6 Å². The Morgan fingerprint density at radius 2 is 1.94 bits per heavy atom. The van der Waals surface area contributed by atoms with Gasteiger partial charge in [-0.05, 0) is 19.3 Å². The van der Waals surface area contributed by atoms with Crippen molar-refractivity contribution in [3.63, 3.8) is 0 Å². The molecule has 98 valence electrons. The van der Waals surface area contributed by atoms with E-state index in [9.17, 15) is 0 Å². The molecule has 0 spiro atoms. The van der Waals surface area contributed by atoms with Gasteiger partial charge in [-0.15, -0.1) is 0 Å². The Hall–Kier alpha value is -0.610. The number of ether oxygens (including phenoxy) is 2. The molecule has 17 heavy (non-hydrogen) atoms. The molecule has 1 N–H and O–H groups in total. The molecular formula is C13H24N2O2. The Bertz CT molecular complexity index is 255. The van der Waals surface area contributed by atoms with Crippen molar-refractivity contribution in [3.05, 3.63) is 0 Å². The van der Waals surface area contributed by atoms with Crippen LogP contribution in [0.5, 0.6) is 0 Å². The van der Waals surface area contributed by atoms with E-state index in [1.807, 2.05) is 0 Å². The standard InChI is InChI=1S/C13H24N2O2/c1-2-3-13(4-8-16-9-5-13)12-14-6-10-17-11-7-15-12/h2-11H2,1H3,(H,14,15). The lowest BCUT2D eigenvalue weighted by Crippen LogP contribution is -2.46. The van der Waals surface area contributed by atoms with Crippen molar-refractivity contribution in [3.8, 4) is 0 Å². The molecule has 0 aromatic heterocycles. The van der Waals surface area contributed by atoms with E-state index in [0.29, 0.717) is 0 Å². The van der Waals surface area contributed by atoms with Crippen LogP contribution >= 0.6 is 0 Å². The lowest BCUT2D eigenvalue weighted by atomic mass is 9.75. The van der Waals surface area contributed by atoms with Crippen LogP contribution in [0.15, 0.2) is 4.99 Å². The van der Waals surface area contributed by atoms with Crippen molar-refractivity contribution in [1.82, 2.24) is 5.32 Å². The van der Waals surface area contributed by atoms with Crippen molar-refractivity contribution in [2.24, 2.45) is 10.4 Å². The lowest BCUT2D eigenvalue weighted by Gasteiger charge is -2.39. The molecule has 0 radical (unpaired) electrons. The van der Waals surface area contributed by atoms with Gasteiger partial charge in [0.25, 0.3) is 0 Å². The summed E-state index contributed by atoms with van der Waals surface area (Å²) in [6, 6.07) is 0. The molecular weight excluding hydrogens is 216 g/mol. The fourth-order valence-electron chi connectivity index (χ4n) is 2.82. The van der Waals surface area contributed by atoms with Crippen molar-refractivity contribution in [1.29, 1.82) is 0 Å². The number of rotatable bonds is 3. The van der Waals surface area contributed by atoms with Gasteiger partial charge >= 0.3 is 0 Å². The maximum absolute atomic E-state index is 5.51. The van der Waals surface area contributed by atoms with E-state index >= 15 is 0 Å². The average molecular weight is 240 g/mol. The molecule has 2 heterocycles. The molecule has 1 saturated heterocycles. The van der Waals surface area contributed by atoms with E-state index in [2.05, 4.69) is 12.2 Å². The van der Waals surface area contributed by atoms with Crippen LogP contribution in [-0.4, -0.2) is 45.4 Å². The Morgan fingerprint density at radius 1 is 1.18 bits per heavy atom. The molecule has 0 saturated carbocycles. The number of hydrogen-bond donors (Lipinski definition) is 1. The fraction of sp³-hybridized carbons (Fsp3) is 0.923. The van der Waals surface area contributed by atoms with Crippen LogP contribution in [0, 0.1) is 5.41 Å². The molecule has 0 atom stereocenters. The van der Waals surface area contributed by atoms with Crippen LogP contribution in [0.2, 0.25) is 0 Å². The van der Waals surface area contributed by atoms with Gasteiger partial charge in [0.05, 0.1) is 19.8 Å². The van der Waals surface area contributed by atoms with E-state index in [1.165, 1.54) is 18.7 Å². The minimum atomic E-state index is 0.240. The molecule has 4 heteroatoms. The van der Waals surface area contributed by atoms with Gasteiger partial charge in [-0.3, -0.25) is 4.99 Å². The predicted octanol–water partition coefficient (Wildman–Crippen LogP) is 1.60. The molecule has 0 aromatic carbocycles. The summed E-state index contributed by atoms with van der Waals surface area (Å²) in [5, 5.41) is 3.49. The van der Waals surface area contributed by atoms with Gasteiger partial charge in [0.1, 0.15) is 5.84 Å². The van der Waals surface area contributed by atoms with Gasteiger partial charge in [-0.2, -0.15) is 0 Å². The minimum Gasteiger partial charge on any atom is -0.381 e. The smallest absolute Gasteiger partial charge is 0.103 e. The van der Waals surface area contributed by atoms with Gasteiger partial charge in [0, 0.05) is 25.2 Å². The quantitative estimate of drug-likeness (QED) is 0.815. The molecule has 2 rings (SSSR count). The zero-order chi connectivity index (χ0) is 12.0. The van der Waals surface area contributed by atoms with Gasteiger partial charge in [-0.1, -0.05) is 13.3 Å². The summed E-state index contributed by atoms with van der Waals surface area (Å²) in [5.41, 5.74) is 0.240. The first-order valence-electron chi connectivity index (χ1n) is 6.82. The molecule has 1 fully saturated rings. The molecule has 0 aliphatic carbocycles. The Kier molecular flexibility index (Phi) is 4.80. The predicted molar refractivity (Wildman–Crippen MR) is 68.5 cm³/mol. The number of amidine groups is 1. The molecule has 2 aliphatic heterocycles. The van der Waals surface area contributed by atoms with E-state index in [0.717, 1.165) is 52.4 Å². The van der Waals surface area contributed by atoms with E-state index in [-0.39, 0.29) is 5.41 Å². The summed E-state index contributed by atoms with van der Waals surface area (Å²) in [5.74, 6) is 1.21. The number of nitrogens with one attached hydrogen (secondary N) is 1. The summed E-state index contributed by atoms with van der Waals surface area (Å²) in [6.07, 6.45) is 4.63. The van der Waals surface area contributed by atoms with Crippen LogP contribution in [0.4, 0.5) is 0 Å². The van der Waals surface area contributed by atoms with Gasteiger partial charge in [0.2, 0.25) is 0 Å². The highest BCUT2D eigenvalue weighted by molar-refractivity contribution is 5.88. The maximum Gasteiger partial charge on any atom is 0.103 e. The highest BCUT2D eigenvalue weighted by atomic mass is 16.5. The first-order chi connectivity index (χ1) is 8.37. The third-order valence-electron chi connectivity index (χ3n) is 3.73. The number of nitrogens with zero attached hydrogens (tertiary/aromatic N) is 1. The van der Waals surface area contributed by atoms with E-state index < -0.39 is 0 Å². The normalized spacial score (nSPS) is 25.4. The Labute approximate surface area is 104 Å². The van der Waals surface area contributed by atoms with Crippen LogP contribution < -0.4 is 5.32 Å². The third kappa shape index (κ3) is 3.19. The van der Waals surface area contributed by atoms with E-state index in [1.54, 1.807) is 0 Å². The average Bonchev–Trinajstić information content (AvgIpc) is 2.29. The molecule has 0 amide bonds. The van der Waals surface area contributed by atoms with Crippen molar-refractivity contribution < 1.29 is 9.47 Å². The zero-order valence-electron chi connectivity index (χ0n) is 10.8.